The molecule has 16 heavy (non-hydrogen) atoms. The second-order valence-corrected chi connectivity index (χ2v) is 3.69. The van der Waals surface area contributed by atoms with Crippen LogP contribution >= 0.6 is 0 Å². The van der Waals surface area contributed by atoms with E-state index in [1.54, 1.807) is 12.2 Å². The molecular formula is C11H11FO4. The van der Waals surface area contributed by atoms with Crippen LogP contribution in [0.2, 0.25) is 0 Å². The van der Waals surface area contributed by atoms with Gasteiger partial charge >= 0.3 is 11.9 Å². The predicted molar refractivity (Wildman–Crippen MR) is 52.1 cm³/mol. The number of alkyl halides is 1. The Hall–Kier alpha value is -1.65. The van der Waals surface area contributed by atoms with E-state index in [9.17, 15) is 14.0 Å². The molecule has 0 aromatic carbocycles. The minimum Gasteiger partial charge on any atom is -0.466 e. The smallest absolute Gasteiger partial charge is 0.335 e. The lowest BCUT2D eigenvalue weighted by atomic mass is 9.97. The second-order valence-electron chi connectivity index (χ2n) is 3.69. The number of hydrogen-bond donors (Lipinski definition) is 0. The molecule has 86 valence electrons. The quantitative estimate of drug-likeness (QED) is 0.516. The highest BCUT2D eigenvalue weighted by Crippen LogP contribution is 2.46. The molecule has 0 N–H and O–H groups in total. The minimum atomic E-state index is -1.26. The number of ether oxygens (including phenoxy) is 2. The Morgan fingerprint density at radius 1 is 1.06 bits per heavy atom. The molecule has 0 amide bonds. The van der Waals surface area contributed by atoms with Crippen LogP contribution in [0.1, 0.15) is 0 Å². The summed E-state index contributed by atoms with van der Waals surface area (Å²) in [5.74, 6) is -2.68. The highest BCUT2D eigenvalue weighted by atomic mass is 19.1. The number of allylic oxidation sites excluding steroid dienone is 2. The number of methoxy groups -OCH3 is 2. The molecule has 0 radical (unpaired) electrons. The molecule has 0 aromatic rings. The van der Waals surface area contributed by atoms with Gasteiger partial charge < -0.3 is 9.47 Å². The van der Waals surface area contributed by atoms with Crippen LogP contribution in [0.15, 0.2) is 23.3 Å². The molecule has 2 aliphatic rings. The maximum absolute atomic E-state index is 13.7. The zero-order valence-electron chi connectivity index (χ0n) is 8.90. The van der Waals surface area contributed by atoms with Gasteiger partial charge in [-0.1, -0.05) is 12.2 Å². The van der Waals surface area contributed by atoms with Crippen molar-refractivity contribution in [3.8, 4) is 0 Å². The van der Waals surface area contributed by atoms with E-state index < -0.39 is 29.9 Å². The summed E-state index contributed by atoms with van der Waals surface area (Å²) < 4.78 is 22.9. The molecule has 0 spiro atoms. The average molecular weight is 226 g/mol. The summed E-state index contributed by atoms with van der Waals surface area (Å²) in [7, 11) is 2.40. The van der Waals surface area contributed by atoms with Crippen molar-refractivity contribution in [3.05, 3.63) is 23.3 Å². The van der Waals surface area contributed by atoms with E-state index in [-0.39, 0.29) is 11.1 Å². The maximum Gasteiger partial charge on any atom is 0.335 e. The Bertz CT molecular complexity index is 374. The van der Waals surface area contributed by atoms with E-state index >= 15 is 0 Å². The van der Waals surface area contributed by atoms with Gasteiger partial charge in [-0.15, -0.1) is 0 Å². The van der Waals surface area contributed by atoms with Crippen molar-refractivity contribution in [2.45, 2.75) is 6.17 Å². The zero-order valence-corrected chi connectivity index (χ0v) is 8.90. The van der Waals surface area contributed by atoms with Crippen LogP contribution in [-0.4, -0.2) is 32.3 Å². The van der Waals surface area contributed by atoms with Gasteiger partial charge in [-0.3, -0.25) is 0 Å². The highest BCUT2D eigenvalue weighted by molar-refractivity contribution is 6.03. The summed E-state index contributed by atoms with van der Waals surface area (Å²) in [5, 5.41) is 0. The lowest BCUT2D eigenvalue weighted by molar-refractivity contribution is -0.139. The third-order valence-electron chi connectivity index (χ3n) is 2.98. The predicted octanol–water partition coefficient (Wildman–Crippen LogP) is 0.783. The number of hydrogen-bond acceptors (Lipinski definition) is 4. The number of carbonyl (C=O) groups is 2. The fraction of sp³-hybridized carbons (Fsp3) is 0.455. The van der Waals surface area contributed by atoms with Gasteiger partial charge in [0.15, 0.2) is 0 Å². The molecule has 0 aromatic heterocycles. The third-order valence-corrected chi connectivity index (χ3v) is 2.98. The van der Waals surface area contributed by atoms with E-state index in [1.807, 2.05) is 0 Å². The van der Waals surface area contributed by atoms with Crippen molar-refractivity contribution in [3.63, 3.8) is 0 Å². The van der Waals surface area contributed by atoms with E-state index in [0.717, 1.165) is 0 Å². The van der Waals surface area contributed by atoms with E-state index in [0.29, 0.717) is 0 Å². The van der Waals surface area contributed by atoms with Crippen LogP contribution in [0, 0.1) is 11.8 Å². The first-order valence-electron chi connectivity index (χ1n) is 4.85. The first-order valence-corrected chi connectivity index (χ1v) is 4.85. The van der Waals surface area contributed by atoms with Crippen molar-refractivity contribution >= 4 is 11.9 Å². The van der Waals surface area contributed by atoms with Crippen molar-refractivity contribution in [2.75, 3.05) is 14.2 Å². The molecule has 2 rings (SSSR count). The van der Waals surface area contributed by atoms with Crippen LogP contribution in [0.25, 0.3) is 0 Å². The molecular weight excluding hydrogens is 215 g/mol. The highest BCUT2D eigenvalue weighted by Gasteiger charge is 2.50. The molecule has 0 aliphatic heterocycles. The van der Waals surface area contributed by atoms with Gasteiger partial charge in [-0.2, -0.15) is 0 Å². The molecule has 0 heterocycles. The largest absolute Gasteiger partial charge is 0.466 e. The molecule has 2 aliphatic carbocycles. The van der Waals surface area contributed by atoms with Gasteiger partial charge in [-0.25, -0.2) is 14.0 Å². The van der Waals surface area contributed by atoms with Gasteiger partial charge in [0, 0.05) is 11.8 Å². The van der Waals surface area contributed by atoms with Crippen molar-refractivity contribution < 1.29 is 23.5 Å². The van der Waals surface area contributed by atoms with Crippen molar-refractivity contribution in [1.82, 2.24) is 0 Å². The van der Waals surface area contributed by atoms with E-state index in [1.165, 1.54) is 14.2 Å². The second kappa shape index (κ2) is 3.73. The molecule has 0 saturated carbocycles. The normalized spacial score (nSPS) is 30.8. The lowest BCUT2D eigenvalue weighted by Gasteiger charge is -2.11. The number of carbonyl (C=O) groups excluding carboxylic acids is 2. The fourth-order valence-corrected chi connectivity index (χ4v) is 2.26. The number of halogens is 1. The molecule has 5 heteroatoms. The maximum atomic E-state index is 13.7. The summed E-state index contributed by atoms with van der Waals surface area (Å²) in [5.41, 5.74) is 0.184. The monoisotopic (exact) mass is 226 g/mol. The zero-order chi connectivity index (χ0) is 11.9. The first kappa shape index (κ1) is 10.9. The number of rotatable bonds is 2. The summed E-state index contributed by atoms with van der Waals surface area (Å²) in [6, 6.07) is 0. The molecule has 2 unspecified atom stereocenters. The van der Waals surface area contributed by atoms with Gasteiger partial charge in [0.25, 0.3) is 0 Å². The van der Waals surface area contributed by atoms with Crippen molar-refractivity contribution in [1.29, 1.82) is 0 Å². The molecule has 0 saturated heterocycles. The minimum absolute atomic E-state index is 0.0920. The SMILES string of the molecule is COC(=O)C1=C(C(=O)OC)C2C=CC1C2F. The Labute approximate surface area is 91.7 Å². The standard InChI is InChI=1S/C11H11FO4/c1-15-10(13)7-5-3-4-6(9(5)12)8(7)11(14)16-2/h3-6,9H,1-2H3. The molecule has 2 atom stereocenters. The van der Waals surface area contributed by atoms with Crippen LogP contribution in [0.3, 0.4) is 0 Å². The van der Waals surface area contributed by atoms with Gasteiger partial charge in [0.2, 0.25) is 0 Å². The van der Waals surface area contributed by atoms with Crippen LogP contribution in [-0.2, 0) is 19.1 Å². The number of fused-ring (bicyclic) bond motifs is 2. The Morgan fingerprint density at radius 3 is 1.75 bits per heavy atom. The van der Waals surface area contributed by atoms with Gasteiger partial charge in [-0.05, 0) is 0 Å². The first-order chi connectivity index (χ1) is 7.61. The molecule has 0 fully saturated rings. The fourth-order valence-electron chi connectivity index (χ4n) is 2.26. The summed E-state index contributed by atoms with van der Waals surface area (Å²) in [6.07, 6.45) is 1.92. The summed E-state index contributed by atoms with van der Waals surface area (Å²) >= 11 is 0. The van der Waals surface area contributed by atoms with E-state index in [2.05, 4.69) is 9.47 Å². The van der Waals surface area contributed by atoms with Crippen molar-refractivity contribution in [2.24, 2.45) is 11.8 Å². The topological polar surface area (TPSA) is 52.6 Å². The van der Waals surface area contributed by atoms with Crippen LogP contribution < -0.4 is 0 Å². The van der Waals surface area contributed by atoms with E-state index in [4.69, 9.17) is 0 Å². The lowest BCUT2D eigenvalue weighted by Crippen LogP contribution is -2.17. The van der Waals surface area contributed by atoms with Gasteiger partial charge in [0.1, 0.15) is 6.17 Å². The van der Waals surface area contributed by atoms with Gasteiger partial charge in [0.05, 0.1) is 25.4 Å². The average Bonchev–Trinajstić information content (AvgIpc) is 2.80. The summed E-state index contributed by atoms with van der Waals surface area (Å²) in [6.45, 7) is 0. The Kier molecular flexibility index (Phi) is 2.53. The molecule has 2 bridgehead atoms. The van der Waals surface area contributed by atoms with Crippen LogP contribution in [0.5, 0.6) is 0 Å². The van der Waals surface area contributed by atoms with Crippen LogP contribution in [0.4, 0.5) is 4.39 Å². The molecule has 4 nitrogen and oxygen atoms in total. The summed E-state index contributed by atoms with van der Waals surface area (Å²) in [4.78, 5) is 23.0. The number of esters is 2. The Balaban J connectivity index is 2.45. The third kappa shape index (κ3) is 1.27. The Morgan fingerprint density at radius 2 is 1.44 bits per heavy atom.